The molecular formula is C16H24N2O2. The molecule has 0 amide bonds. The Hall–Kier alpha value is -1.55. The van der Waals surface area contributed by atoms with E-state index in [-0.39, 0.29) is 5.97 Å². The summed E-state index contributed by atoms with van der Waals surface area (Å²) >= 11 is 0. The Labute approximate surface area is 121 Å². The number of benzene rings is 1. The van der Waals surface area contributed by atoms with Crippen molar-refractivity contribution in [3.63, 3.8) is 0 Å². The lowest BCUT2D eigenvalue weighted by Gasteiger charge is -2.39. The standard InChI is InChI=1S/C16H24N2O2/c1-12(2)10-13-11-17-8-9-18(13)15-7-5-4-6-14(15)16(19)20-3/h4-7,12-13,17H,8-11H2,1-3H3/t13-/m1/s1. The molecule has 1 aliphatic heterocycles. The number of hydrogen-bond acceptors (Lipinski definition) is 4. The van der Waals surface area contributed by atoms with E-state index in [4.69, 9.17) is 4.74 Å². The maximum atomic E-state index is 11.9. The number of rotatable bonds is 4. The molecule has 1 heterocycles. The molecule has 0 aliphatic carbocycles. The Morgan fingerprint density at radius 1 is 1.45 bits per heavy atom. The van der Waals surface area contributed by atoms with Crippen molar-refractivity contribution in [3.8, 4) is 0 Å². The van der Waals surface area contributed by atoms with E-state index in [1.165, 1.54) is 7.11 Å². The first kappa shape index (κ1) is 14.9. The molecule has 2 rings (SSSR count). The van der Waals surface area contributed by atoms with E-state index in [0.29, 0.717) is 17.5 Å². The molecule has 0 unspecified atom stereocenters. The van der Waals surface area contributed by atoms with Gasteiger partial charge in [0.05, 0.1) is 18.4 Å². The van der Waals surface area contributed by atoms with Gasteiger partial charge in [-0.15, -0.1) is 0 Å². The lowest BCUT2D eigenvalue weighted by Crippen LogP contribution is -2.52. The van der Waals surface area contributed by atoms with Crippen molar-refractivity contribution >= 4 is 11.7 Å². The third-order valence-electron chi connectivity index (χ3n) is 3.71. The molecule has 0 spiro atoms. The highest BCUT2D eigenvalue weighted by atomic mass is 16.5. The molecule has 1 fully saturated rings. The number of carbonyl (C=O) groups excluding carboxylic acids is 1. The van der Waals surface area contributed by atoms with E-state index in [9.17, 15) is 4.79 Å². The number of para-hydroxylation sites is 1. The number of nitrogens with zero attached hydrogens (tertiary/aromatic N) is 1. The second-order valence-corrected chi connectivity index (χ2v) is 5.69. The van der Waals surface area contributed by atoms with E-state index in [1.807, 2.05) is 24.3 Å². The molecule has 0 radical (unpaired) electrons. The normalized spacial score (nSPS) is 19.2. The van der Waals surface area contributed by atoms with Crippen LogP contribution in [0.4, 0.5) is 5.69 Å². The van der Waals surface area contributed by atoms with Crippen LogP contribution in [0.5, 0.6) is 0 Å². The van der Waals surface area contributed by atoms with Crippen molar-refractivity contribution in [2.45, 2.75) is 26.3 Å². The topological polar surface area (TPSA) is 41.6 Å². The maximum absolute atomic E-state index is 11.9. The number of methoxy groups -OCH3 is 1. The quantitative estimate of drug-likeness (QED) is 0.857. The van der Waals surface area contributed by atoms with Gasteiger partial charge in [-0.05, 0) is 24.5 Å². The van der Waals surface area contributed by atoms with Gasteiger partial charge in [0.2, 0.25) is 0 Å². The number of nitrogens with one attached hydrogen (secondary N) is 1. The van der Waals surface area contributed by atoms with Crippen LogP contribution in [0.15, 0.2) is 24.3 Å². The van der Waals surface area contributed by atoms with Crippen LogP contribution in [0.25, 0.3) is 0 Å². The van der Waals surface area contributed by atoms with Crippen LogP contribution in [-0.2, 0) is 4.74 Å². The molecule has 0 saturated carbocycles. The highest BCUT2D eigenvalue weighted by Gasteiger charge is 2.26. The Bertz CT molecular complexity index is 460. The molecule has 1 aliphatic rings. The Morgan fingerprint density at radius 3 is 2.90 bits per heavy atom. The Kier molecular flexibility index (Phi) is 5.01. The molecule has 4 heteroatoms. The zero-order valence-electron chi connectivity index (χ0n) is 12.6. The lowest BCUT2D eigenvalue weighted by atomic mass is 9.99. The minimum atomic E-state index is -0.262. The first-order chi connectivity index (χ1) is 9.63. The SMILES string of the molecule is COC(=O)c1ccccc1N1CCNC[C@H]1CC(C)C. The zero-order chi connectivity index (χ0) is 14.5. The molecule has 20 heavy (non-hydrogen) atoms. The van der Waals surface area contributed by atoms with Gasteiger partial charge in [-0.2, -0.15) is 0 Å². The van der Waals surface area contributed by atoms with Gasteiger partial charge in [-0.3, -0.25) is 0 Å². The fourth-order valence-electron chi connectivity index (χ4n) is 2.84. The smallest absolute Gasteiger partial charge is 0.339 e. The average Bonchev–Trinajstić information content (AvgIpc) is 2.46. The Balaban J connectivity index is 2.30. The van der Waals surface area contributed by atoms with E-state index in [0.717, 1.165) is 31.7 Å². The summed E-state index contributed by atoms with van der Waals surface area (Å²) in [6.45, 7) is 7.31. The van der Waals surface area contributed by atoms with E-state index < -0.39 is 0 Å². The number of esters is 1. The van der Waals surface area contributed by atoms with Crippen molar-refractivity contribution in [3.05, 3.63) is 29.8 Å². The predicted molar refractivity (Wildman–Crippen MR) is 81.2 cm³/mol. The van der Waals surface area contributed by atoms with Crippen LogP contribution in [0, 0.1) is 5.92 Å². The van der Waals surface area contributed by atoms with Gasteiger partial charge in [0.25, 0.3) is 0 Å². The fourth-order valence-corrected chi connectivity index (χ4v) is 2.84. The first-order valence-corrected chi connectivity index (χ1v) is 7.28. The highest BCUT2D eigenvalue weighted by molar-refractivity contribution is 5.95. The van der Waals surface area contributed by atoms with Crippen molar-refractivity contribution in [1.82, 2.24) is 5.32 Å². The zero-order valence-corrected chi connectivity index (χ0v) is 12.6. The van der Waals surface area contributed by atoms with E-state index >= 15 is 0 Å². The number of hydrogen-bond donors (Lipinski definition) is 1. The van der Waals surface area contributed by atoms with Crippen LogP contribution < -0.4 is 10.2 Å². The summed E-state index contributed by atoms with van der Waals surface area (Å²) in [6.07, 6.45) is 1.11. The molecule has 110 valence electrons. The van der Waals surface area contributed by atoms with Gasteiger partial charge in [0.15, 0.2) is 0 Å². The number of piperazine rings is 1. The molecule has 0 bridgehead atoms. The molecule has 0 aromatic heterocycles. The van der Waals surface area contributed by atoms with Gasteiger partial charge in [0.1, 0.15) is 0 Å². The summed E-state index contributed by atoms with van der Waals surface area (Å²) in [5.74, 6) is 0.370. The third kappa shape index (κ3) is 3.31. The Morgan fingerprint density at radius 2 is 2.20 bits per heavy atom. The molecular weight excluding hydrogens is 252 g/mol. The molecule has 1 N–H and O–H groups in total. The van der Waals surface area contributed by atoms with E-state index in [2.05, 4.69) is 24.1 Å². The average molecular weight is 276 g/mol. The first-order valence-electron chi connectivity index (χ1n) is 7.28. The monoisotopic (exact) mass is 276 g/mol. The fraction of sp³-hybridized carbons (Fsp3) is 0.562. The van der Waals surface area contributed by atoms with Gasteiger partial charge in [0, 0.05) is 25.7 Å². The summed E-state index contributed by atoms with van der Waals surface area (Å²) in [5.41, 5.74) is 1.65. The third-order valence-corrected chi connectivity index (χ3v) is 3.71. The van der Waals surface area contributed by atoms with Gasteiger partial charge < -0.3 is 15.0 Å². The van der Waals surface area contributed by atoms with Crippen LogP contribution >= 0.6 is 0 Å². The minimum Gasteiger partial charge on any atom is -0.465 e. The summed E-state index contributed by atoms with van der Waals surface area (Å²) in [5, 5.41) is 3.44. The largest absolute Gasteiger partial charge is 0.465 e. The van der Waals surface area contributed by atoms with Gasteiger partial charge in [-0.25, -0.2) is 4.79 Å². The van der Waals surface area contributed by atoms with Gasteiger partial charge in [-0.1, -0.05) is 26.0 Å². The molecule has 4 nitrogen and oxygen atoms in total. The van der Waals surface area contributed by atoms with Crippen LogP contribution in [-0.4, -0.2) is 38.8 Å². The number of anilines is 1. The van der Waals surface area contributed by atoms with Crippen molar-refractivity contribution in [2.75, 3.05) is 31.6 Å². The lowest BCUT2D eigenvalue weighted by molar-refractivity contribution is 0.0601. The summed E-state index contributed by atoms with van der Waals surface area (Å²) < 4.78 is 4.90. The van der Waals surface area contributed by atoms with Crippen LogP contribution in [0.3, 0.4) is 0 Å². The van der Waals surface area contributed by atoms with Crippen LogP contribution in [0.2, 0.25) is 0 Å². The summed E-state index contributed by atoms with van der Waals surface area (Å²) in [7, 11) is 1.43. The summed E-state index contributed by atoms with van der Waals surface area (Å²) in [6, 6.07) is 8.15. The molecule has 1 saturated heterocycles. The summed E-state index contributed by atoms with van der Waals surface area (Å²) in [4.78, 5) is 14.3. The minimum absolute atomic E-state index is 0.262. The predicted octanol–water partition coefficient (Wildman–Crippen LogP) is 2.30. The van der Waals surface area contributed by atoms with E-state index in [1.54, 1.807) is 0 Å². The number of carbonyl (C=O) groups is 1. The maximum Gasteiger partial charge on any atom is 0.339 e. The second-order valence-electron chi connectivity index (χ2n) is 5.69. The highest BCUT2D eigenvalue weighted by Crippen LogP contribution is 2.26. The van der Waals surface area contributed by atoms with Crippen LogP contribution in [0.1, 0.15) is 30.6 Å². The number of ether oxygens (including phenoxy) is 1. The second kappa shape index (κ2) is 6.75. The molecule has 1 aromatic carbocycles. The van der Waals surface area contributed by atoms with Crippen molar-refractivity contribution in [2.24, 2.45) is 5.92 Å². The molecule has 1 atom stereocenters. The van der Waals surface area contributed by atoms with Crippen molar-refractivity contribution < 1.29 is 9.53 Å². The van der Waals surface area contributed by atoms with Crippen molar-refractivity contribution in [1.29, 1.82) is 0 Å². The van der Waals surface area contributed by atoms with Gasteiger partial charge >= 0.3 is 5.97 Å². The molecule has 1 aromatic rings.